The molecule has 0 radical (unpaired) electrons. The van der Waals surface area contributed by atoms with Crippen molar-refractivity contribution in [2.45, 2.75) is 6.92 Å². The van der Waals surface area contributed by atoms with Gasteiger partial charge in [-0.25, -0.2) is 9.78 Å². The minimum Gasteiger partial charge on any atom is -0.462 e. The van der Waals surface area contributed by atoms with E-state index in [1.165, 1.54) is 0 Å². The predicted molar refractivity (Wildman–Crippen MR) is 126 cm³/mol. The molecule has 6 heteroatoms. The zero-order valence-electron chi connectivity index (χ0n) is 18.3. The van der Waals surface area contributed by atoms with E-state index in [2.05, 4.69) is 9.97 Å². The molecule has 1 aromatic carbocycles. The molecule has 0 aliphatic heterocycles. The molecule has 0 atom stereocenters. The molecule has 0 spiro atoms. The summed E-state index contributed by atoms with van der Waals surface area (Å²) in [6, 6.07) is 17.5. The number of ether oxygens (including phenoxy) is 1. The van der Waals surface area contributed by atoms with Gasteiger partial charge in [-0.15, -0.1) is 0 Å². The van der Waals surface area contributed by atoms with E-state index in [9.17, 15) is 4.79 Å². The molecule has 4 aromatic rings. The van der Waals surface area contributed by atoms with Gasteiger partial charge in [0.05, 0.1) is 23.6 Å². The maximum Gasteiger partial charge on any atom is 0.338 e. The third-order valence-electron chi connectivity index (χ3n) is 5.10. The van der Waals surface area contributed by atoms with Crippen LogP contribution in [0, 0.1) is 0 Å². The SMILES string of the molecule is CCOC(=O)c1cc(N(C)C)ccc1-c1cc(-c2ccncc2)nc(-c2ccncc2)c1. The maximum atomic E-state index is 12.9. The van der Waals surface area contributed by atoms with Crippen LogP contribution in [0.15, 0.2) is 79.4 Å². The number of carbonyl (C=O) groups excluding carboxylic acids is 1. The standard InChI is InChI=1S/C26H24N4O2/c1-4-32-26(31)23-17-21(30(2)3)5-6-22(23)20-15-24(18-7-11-27-12-8-18)29-25(16-20)19-9-13-28-14-10-19/h5-17H,4H2,1-3H3. The highest BCUT2D eigenvalue weighted by atomic mass is 16.5. The Morgan fingerprint density at radius 2 is 1.38 bits per heavy atom. The van der Waals surface area contributed by atoms with Gasteiger partial charge in [-0.1, -0.05) is 6.07 Å². The number of esters is 1. The molecule has 160 valence electrons. The van der Waals surface area contributed by atoms with Crippen LogP contribution in [0.25, 0.3) is 33.6 Å². The second-order valence-electron chi connectivity index (χ2n) is 7.44. The van der Waals surface area contributed by atoms with Crippen molar-refractivity contribution in [1.29, 1.82) is 0 Å². The predicted octanol–water partition coefficient (Wildman–Crippen LogP) is 5.12. The average Bonchev–Trinajstić information content (AvgIpc) is 2.84. The Labute approximate surface area is 187 Å². The first kappa shape index (κ1) is 21.2. The monoisotopic (exact) mass is 424 g/mol. The van der Waals surface area contributed by atoms with Crippen molar-refractivity contribution in [1.82, 2.24) is 15.0 Å². The topological polar surface area (TPSA) is 68.2 Å². The van der Waals surface area contributed by atoms with Gasteiger partial charge in [-0.3, -0.25) is 9.97 Å². The summed E-state index contributed by atoms with van der Waals surface area (Å²) in [6.07, 6.45) is 6.97. The van der Waals surface area contributed by atoms with E-state index in [1.54, 1.807) is 24.8 Å². The van der Waals surface area contributed by atoms with Crippen LogP contribution in [0.1, 0.15) is 17.3 Å². The Morgan fingerprint density at radius 3 is 1.88 bits per heavy atom. The molecule has 0 bridgehead atoms. The Morgan fingerprint density at radius 1 is 0.812 bits per heavy atom. The van der Waals surface area contributed by atoms with Crippen molar-refractivity contribution in [3.05, 3.63) is 84.9 Å². The lowest BCUT2D eigenvalue weighted by Crippen LogP contribution is -2.12. The molecule has 3 aromatic heterocycles. The van der Waals surface area contributed by atoms with Crippen molar-refractivity contribution in [3.63, 3.8) is 0 Å². The van der Waals surface area contributed by atoms with E-state index in [-0.39, 0.29) is 5.97 Å². The van der Waals surface area contributed by atoms with Crippen LogP contribution in [-0.2, 0) is 4.74 Å². The smallest absolute Gasteiger partial charge is 0.338 e. The lowest BCUT2D eigenvalue weighted by atomic mass is 9.96. The molecule has 0 aliphatic carbocycles. The maximum absolute atomic E-state index is 12.9. The second-order valence-corrected chi connectivity index (χ2v) is 7.44. The van der Waals surface area contributed by atoms with Crippen molar-refractivity contribution in [2.24, 2.45) is 0 Å². The van der Waals surface area contributed by atoms with Gasteiger partial charge in [0.2, 0.25) is 0 Å². The van der Waals surface area contributed by atoms with Crippen molar-refractivity contribution < 1.29 is 9.53 Å². The average molecular weight is 425 g/mol. The first-order chi connectivity index (χ1) is 15.6. The molecule has 0 saturated carbocycles. The minimum absolute atomic E-state index is 0.311. The van der Waals surface area contributed by atoms with E-state index < -0.39 is 0 Å². The number of aromatic nitrogens is 3. The highest BCUT2D eigenvalue weighted by molar-refractivity contribution is 5.99. The van der Waals surface area contributed by atoms with Crippen LogP contribution in [-0.4, -0.2) is 41.6 Å². The minimum atomic E-state index is -0.348. The molecule has 0 saturated heterocycles. The number of hydrogen-bond donors (Lipinski definition) is 0. The third kappa shape index (κ3) is 4.49. The lowest BCUT2D eigenvalue weighted by Gasteiger charge is -2.17. The number of benzene rings is 1. The summed E-state index contributed by atoms with van der Waals surface area (Å²) in [5.74, 6) is -0.348. The van der Waals surface area contributed by atoms with Crippen molar-refractivity contribution >= 4 is 11.7 Å². The van der Waals surface area contributed by atoms with Gasteiger partial charge in [0.15, 0.2) is 0 Å². The number of carbonyl (C=O) groups is 1. The summed E-state index contributed by atoms with van der Waals surface area (Å²) in [5.41, 5.74) is 6.60. The van der Waals surface area contributed by atoms with Gasteiger partial charge in [0.1, 0.15) is 0 Å². The summed E-state index contributed by atoms with van der Waals surface area (Å²) < 4.78 is 5.36. The largest absolute Gasteiger partial charge is 0.462 e. The number of pyridine rings is 3. The van der Waals surface area contributed by atoms with E-state index >= 15 is 0 Å². The fourth-order valence-corrected chi connectivity index (χ4v) is 3.47. The Kier molecular flexibility index (Phi) is 6.22. The van der Waals surface area contributed by atoms with Crippen LogP contribution in [0.4, 0.5) is 5.69 Å². The van der Waals surface area contributed by atoms with Crippen LogP contribution < -0.4 is 4.90 Å². The van der Waals surface area contributed by atoms with E-state index in [1.807, 2.05) is 80.5 Å². The lowest BCUT2D eigenvalue weighted by molar-refractivity contribution is 0.0527. The summed E-state index contributed by atoms with van der Waals surface area (Å²) >= 11 is 0. The van der Waals surface area contributed by atoms with Gasteiger partial charge in [-0.2, -0.15) is 0 Å². The van der Waals surface area contributed by atoms with Gasteiger partial charge >= 0.3 is 5.97 Å². The molecular formula is C26H24N4O2. The molecule has 0 N–H and O–H groups in total. The van der Waals surface area contributed by atoms with Crippen LogP contribution in [0.2, 0.25) is 0 Å². The van der Waals surface area contributed by atoms with Gasteiger partial charge in [-0.05, 0) is 66.6 Å². The molecule has 0 unspecified atom stereocenters. The third-order valence-corrected chi connectivity index (χ3v) is 5.10. The molecule has 0 fully saturated rings. The summed E-state index contributed by atoms with van der Waals surface area (Å²) in [4.78, 5) is 27.9. The number of hydrogen-bond acceptors (Lipinski definition) is 6. The summed E-state index contributed by atoms with van der Waals surface area (Å²) in [5, 5.41) is 0. The first-order valence-electron chi connectivity index (χ1n) is 10.4. The zero-order chi connectivity index (χ0) is 22.5. The molecule has 0 aliphatic rings. The Bertz CT molecular complexity index is 1170. The fourth-order valence-electron chi connectivity index (χ4n) is 3.47. The number of anilines is 1. The van der Waals surface area contributed by atoms with E-state index in [4.69, 9.17) is 9.72 Å². The summed E-state index contributed by atoms with van der Waals surface area (Å²) in [7, 11) is 3.89. The molecular weight excluding hydrogens is 400 g/mol. The molecule has 0 amide bonds. The molecule has 3 heterocycles. The van der Waals surface area contributed by atoms with Crippen molar-refractivity contribution in [3.8, 4) is 33.6 Å². The zero-order valence-corrected chi connectivity index (χ0v) is 18.3. The number of rotatable bonds is 6. The van der Waals surface area contributed by atoms with Gasteiger partial charge in [0, 0.05) is 55.7 Å². The number of nitrogens with zero attached hydrogens (tertiary/aromatic N) is 4. The van der Waals surface area contributed by atoms with Crippen LogP contribution in [0.5, 0.6) is 0 Å². The second kappa shape index (κ2) is 9.39. The molecule has 4 rings (SSSR count). The molecule has 6 nitrogen and oxygen atoms in total. The highest BCUT2D eigenvalue weighted by Crippen LogP contribution is 2.33. The van der Waals surface area contributed by atoms with Crippen LogP contribution in [0.3, 0.4) is 0 Å². The van der Waals surface area contributed by atoms with Crippen molar-refractivity contribution in [2.75, 3.05) is 25.6 Å². The first-order valence-corrected chi connectivity index (χ1v) is 10.4. The van der Waals surface area contributed by atoms with E-state index in [0.717, 1.165) is 39.3 Å². The summed E-state index contributed by atoms with van der Waals surface area (Å²) in [6.45, 7) is 2.12. The van der Waals surface area contributed by atoms with Gasteiger partial charge < -0.3 is 9.64 Å². The molecule has 32 heavy (non-hydrogen) atoms. The fraction of sp³-hybridized carbons (Fsp3) is 0.154. The quantitative estimate of drug-likeness (QED) is 0.401. The highest BCUT2D eigenvalue weighted by Gasteiger charge is 2.18. The van der Waals surface area contributed by atoms with Gasteiger partial charge in [0.25, 0.3) is 0 Å². The van der Waals surface area contributed by atoms with E-state index in [0.29, 0.717) is 12.2 Å². The Balaban J connectivity index is 1.94. The normalized spacial score (nSPS) is 10.6. The van der Waals surface area contributed by atoms with Crippen LogP contribution >= 0.6 is 0 Å². The Hall–Kier alpha value is -4.06.